The summed E-state index contributed by atoms with van der Waals surface area (Å²) in [6.45, 7) is 6.48. The van der Waals surface area contributed by atoms with Gasteiger partial charge in [-0.25, -0.2) is 45.6 Å². The number of methoxy groups -OCH3 is 2. The van der Waals surface area contributed by atoms with Crippen molar-refractivity contribution in [3.05, 3.63) is 153 Å². The van der Waals surface area contributed by atoms with Gasteiger partial charge in [0.1, 0.15) is 23.0 Å². The van der Waals surface area contributed by atoms with Gasteiger partial charge in [0.25, 0.3) is 31.2 Å². The summed E-state index contributed by atoms with van der Waals surface area (Å²) >= 11 is 0. The summed E-state index contributed by atoms with van der Waals surface area (Å²) in [6.07, 6.45) is 5.77. The molecular formula is C52H52F2N10O10S2. The van der Waals surface area contributed by atoms with Crippen molar-refractivity contribution in [2.24, 2.45) is 11.8 Å². The number of aromatic nitrogens is 6. The fourth-order valence-electron chi connectivity index (χ4n) is 8.03. The highest BCUT2D eigenvalue weighted by atomic mass is 32.2. The molecule has 0 saturated heterocycles. The summed E-state index contributed by atoms with van der Waals surface area (Å²) in [7, 11) is -2.59. The lowest BCUT2D eigenvalue weighted by atomic mass is 10.0. The third-order valence-corrected chi connectivity index (χ3v) is 15.3. The van der Waals surface area contributed by atoms with Crippen molar-refractivity contribution in [2.45, 2.75) is 50.6 Å². The number of nitrogens with zero attached hydrogens (tertiary/aromatic N) is 6. The minimum absolute atomic E-state index is 0.0133. The first-order valence-corrected chi connectivity index (χ1v) is 26.1. The van der Waals surface area contributed by atoms with Crippen molar-refractivity contribution in [1.29, 1.82) is 0 Å². The summed E-state index contributed by atoms with van der Waals surface area (Å²) in [4.78, 5) is 66.8. The van der Waals surface area contributed by atoms with E-state index in [0.717, 1.165) is 0 Å². The number of pyridine rings is 2. The normalized spacial score (nSPS) is 12.2. The Bertz CT molecular complexity index is 3660. The molecule has 2 atom stereocenters. The second-order valence-corrected chi connectivity index (χ2v) is 20.7. The van der Waals surface area contributed by atoms with Crippen molar-refractivity contribution in [3.8, 4) is 34.0 Å². The van der Waals surface area contributed by atoms with Gasteiger partial charge < -0.3 is 20.1 Å². The van der Waals surface area contributed by atoms with E-state index in [1.807, 2.05) is 0 Å². The van der Waals surface area contributed by atoms with E-state index in [0.29, 0.717) is 44.1 Å². The van der Waals surface area contributed by atoms with Crippen LogP contribution in [0.5, 0.6) is 11.8 Å². The number of carbonyl (C=O) groups excluding carboxylic acids is 2. The van der Waals surface area contributed by atoms with Gasteiger partial charge in [-0.1, -0.05) is 38.1 Å². The Morgan fingerprint density at radius 3 is 1.32 bits per heavy atom. The van der Waals surface area contributed by atoms with E-state index in [2.05, 4.69) is 40.0 Å². The number of hydrogen-bond acceptors (Lipinski definition) is 14. The fourth-order valence-corrected chi connectivity index (χ4v) is 10.6. The second-order valence-electron chi connectivity index (χ2n) is 17.4. The highest BCUT2D eigenvalue weighted by molar-refractivity contribution is 7.93. The molecule has 0 spiro atoms. The standard InChI is InChI=1S/2C26H26FN5O5S/c2*1-15(24(33)28-3)13-32-14-30-21-9-8-17(10-19(21)26(32)34)18-11-22(25(37-4)29-12-18)31-38(35,36)23-7-5-6-20(27)16(23)2/h2*5-12,14-15,31H,13H2,1-4H3,(H,28,33)/t2*15-/m10/s1. The maximum Gasteiger partial charge on any atom is 0.262 e. The van der Waals surface area contributed by atoms with Gasteiger partial charge in [0.15, 0.2) is 0 Å². The van der Waals surface area contributed by atoms with Crippen LogP contribution in [0.3, 0.4) is 0 Å². The third kappa shape index (κ3) is 11.8. The average molecular weight is 1080 g/mol. The van der Waals surface area contributed by atoms with Crippen LogP contribution in [0.15, 0.2) is 129 Å². The molecule has 20 nitrogen and oxygen atoms in total. The number of fused-ring (bicyclic) bond motifs is 2. The number of anilines is 2. The van der Waals surface area contributed by atoms with Crippen LogP contribution in [0.25, 0.3) is 44.1 Å². The van der Waals surface area contributed by atoms with Crippen LogP contribution in [-0.2, 0) is 42.7 Å². The SMILES string of the molecule is CNC(=O)[C@@H](C)Cn1cnc2ccc(-c3cnc(OC)c(NS(=O)(=O)c4cccc(F)c4C)c3)cc2c1=O.CNC(=O)[C@H](C)Cn1cnc2ccc(-c3cnc(OC)c(NS(=O)(=O)c4cccc(F)c4C)c3)cc2c1=O. The zero-order valence-electron chi connectivity index (χ0n) is 42.3. The van der Waals surface area contributed by atoms with Crippen molar-refractivity contribution in [1.82, 2.24) is 39.7 Å². The first-order chi connectivity index (χ1) is 36.1. The molecule has 396 valence electrons. The Hall–Kier alpha value is -8.64. The van der Waals surface area contributed by atoms with E-state index >= 15 is 0 Å². The van der Waals surface area contributed by atoms with Crippen LogP contribution in [0.4, 0.5) is 20.2 Å². The smallest absolute Gasteiger partial charge is 0.262 e. The van der Waals surface area contributed by atoms with Gasteiger partial charge in [0.2, 0.25) is 23.6 Å². The van der Waals surface area contributed by atoms with Crippen LogP contribution < -0.4 is 40.7 Å². The minimum atomic E-state index is -4.17. The van der Waals surface area contributed by atoms with Gasteiger partial charge in [-0.2, -0.15) is 0 Å². The molecule has 0 aliphatic heterocycles. The number of hydrogen-bond donors (Lipinski definition) is 4. The van der Waals surface area contributed by atoms with E-state index in [-0.39, 0.29) is 80.1 Å². The molecule has 4 N–H and O–H groups in total. The molecule has 4 heterocycles. The van der Waals surface area contributed by atoms with Crippen LogP contribution in [0.1, 0.15) is 25.0 Å². The number of nitrogens with one attached hydrogen (secondary N) is 4. The Balaban J connectivity index is 0.000000221. The predicted molar refractivity (Wildman–Crippen MR) is 282 cm³/mol. The van der Waals surface area contributed by atoms with E-state index < -0.39 is 43.5 Å². The Morgan fingerprint density at radius 1 is 0.579 bits per heavy atom. The summed E-state index contributed by atoms with van der Waals surface area (Å²) in [6, 6.07) is 20.7. The molecule has 0 unspecified atom stereocenters. The third-order valence-electron chi connectivity index (χ3n) is 12.2. The Morgan fingerprint density at radius 2 is 0.961 bits per heavy atom. The Labute approximate surface area is 435 Å². The Kier molecular flexibility index (Phi) is 16.6. The van der Waals surface area contributed by atoms with Gasteiger partial charge in [0.05, 0.1) is 70.3 Å². The van der Waals surface area contributed by atoms with E-state index in [9.17, 15) is 44.8 Å². The summed E-state index contributed by atoms with van der Waals surface area (Å²) in [5.41, 5.74) is 2.46. The molecule has 0 aliphatic carbocycles. The predicted octanol–water partition coefficient (Wildman–Crippen LogP) is 6.20. The van der Waals surface area contributed by atoms with Gasteiger partial charge in [-0.15, -0.1) is 0 Å². The molecule has 4 aromatic carbocycles. The second kappa shape index (κ2) is 22.9. The zero-order chi connectivity index (χ0) is 55.2. The average Bonchev–Trinajstić information content (AvgIpc) is 3.40. The van der Waals surface area contributed by atoms with Crippen molar-refractivity contribution < 1.29 is 44.7 Å². The summed E-state index contributed by atoms with van der Waals surface area (Å²) < 4.78 is 98.4. The van der Waals surface area contributed by atoms with Gasteiger partial charge in [-0.3, -0.25) is 37.8 Å². The largest absolute Gasteiger partial charge is 0.480 e. The van der Waals surface area contributed by atoms with Crippen molar-refractivity contribution in [3.63, 3.8) is 0 Å². The quantitative estimate of drug-likeness (QED) is 0.0841. The van der Waals surface area contributed by atoms with E-state index in [1.165, 1.54) is 125 Å². The molecular weight excluding hydrogens is 1030 g/mol. The van der Waals surface area contributed by atoms with Crippen LogP contribution in [-0.4, -0.2) is 86.0 Å². The number of amides is 2. The number of sulfonamides is 2. The molecule has 76 heavy (non-hydrogen) atoms. The van der Waals surface area contributed by atoms with Gasteiger partial charge in [0, 0.05) is 61.8 Å². The monoisotopic (exact) mass is 1080 g/mol. The van der Waals surface area contributed by atoms with Gasteiger partial charge in [-0.05, 0) is 85.6 Å². The minimum Gasteiger partial charge on any atom is -0.480 e. The van der Waals surface area contributed by atoms with Crippen molar-refractivity contribution >= 4 is 65.0 Å². The van der Waals surface area contributed by atoms with Crippen LogP contribution >= 0.6 is 0 Å². The number of ether oxygens (including phenoxy) is 2. The van der Waals surface area contributed by atoms with Crippen molar-refractivity contribution in [2.75, 3.05) is 37.8 Å². The molecule has 0 bridgehead atoms. The number of benzene rings is 4. The lowest BCUT2D eigenvalue weighted by Crippen LogP contribution is -2.32. The fraction of sp³-hybridized carbons (Fsp3) is 0.231. The van der Waals surface area contributed by atoms with E-state index in [1.54, 1.807) is 50.2 Å². The lowest BCUT2D eigenvalue weighted by molar-refractivity contribution is -0.125. The molecule has 0 radical (unpaired) electrons. The molecule has 4 aromatic heterocycles. The highest BCUT2D eigenvalue weighted by Gasteiger charge is 2.24. The number of rotatable bonds is 16. The van der Waals surface area contributed by atoms with Gasteiger partial charge >= 0.3 is 0 Å². The van der Waals surface area contributed by atoms with E-state index in [4.69, 9.17) is 9.47 Å². The maximum atomic E-state index is 14.0. The van der Waals surface area contributed by atoms with Crippen LogP contribution in [0.2, 0.25) is 0 Å². The molecule has 24 heteroatoms. The molecule has 8 aromatic rings. The summed E-state index contributed by atoms with van der Waals surface area (Å²) in [5.74, 6) is -2.54. The topological polar surface area (TPSA) is 265 Å². The molecule has 2 amide bonds. The molecule has 0 fully saturated rings. The molecule has 0 saturated carbocycles. The zero-order valence-corrected chi connectivity index (χ0v) is 43.9. The number of halogens is 2. The lowest BCUT2D eigenvalue weighted by Gasteiger charge is -2.14. The highest BCUT2D eigenvalue weighted by Crippen LogP contribution is 2.34. The maximum absolute atomic E-state index is 14.0. The number of carbonyl (C=O) groups is 2. The van der Waals surface area contributed by atoms with Crippen LogP contribution in [0, 0.1) is 37.3 Å². The molecule has 0 aliphatic rings. The molecule has 8 rings (SSSR count). The first kappa shape index (κ1) is 55.1. The summed E-state index contributed by atoms with van der Waals surface area (Å²) in [5, 5.41) is 5.76. The first-order valence-electron chi connectivity index (χ1n) is 23.2.